The summed E-state index contributed by atoms with van der Waals surface area (Å²) in [6, 6.07) is -0.913. The minimum Gasteiger partial charge on any atom is -0.481 e. The van der Waals surface area contributed by atoms with E-state index >= 15 is 0 Å². The Hall–Kier alpha value is -1.93. The highest BCUT2D eigenvalue weighted by atomic mass is 16.5. The summed E-state index contributed by atoms with van der Waals surface area (Å²) in [5.41, 5.74) is -1.98. The van der Waals surface area contributed by atoms with Crippen LogP contribution in [0.4, 0.5) is 0 Å². The van der Waals surface area contributed by atoms with Gasteiger partial charge >= 0.3 is 5.97 Å². The largest absolute Gasteiger partial charge is 0.481 e. The smallest absolute Gasteiger partial charge is 0.310 e. The summed E-state index contributed by atoms with van der Waals surface area (Å²) in [6.45, 7) is 10.4. The zero-order chi connectivity index (χ0) is 23.7. The van der Waals surface area contributed by atoms with Crippen molar-refractivity contribution >= 4 is 17.8 Å². The summed E-state index contributed by atoms with van der Waals surface area (Å²) in [7, 11) is 0. The molecule has 1 spiro atoms. The van der Waals surface area contributed by atoms with Crippen LogP contribution in [-0.4, -0.2) is 80.8 Å². The first-order valence-corrected chi connectivity index (χ1v) is 12.0. The molecular formula is C24H38N2O6. The summed E-state index contributed by atoms with van der Waals surface area (Å²) < 4.78 is 6.53. The van der Waals surface area contributed by atoms with E-state index in [1.54, 1.807) is 15.9 Å². The summed E-state index contributed by atoms with van der Waals surface area (Å²) in [5, 5.41) is 19.1. The van der Waals surface area contributed by atoms with Crippen molar-refractivity contribution in [2.45, 2.75) is 89.0 Å². The van der Waals surface area contributed by atoms with Crippen LogP contribution in [0.15, 0.2) is 12.7 Å². The molecule has 0 saturated carbocycles. The fourth-order valence-corrected chi connectivity index (χ4v) is 6.21. The van der Waals surface area contributed by atoms with Gasteiger partial charge in [-0.3, -0.25) is 14.4 Å². The third-order valence-corrected chi connectivity index (χ3v) is 7.72. The Bertz CT molecular complexity index is 755. The van der Waals surface area contributed by atoms with E-state index in [2.05, 4.69) is 6.58 Å². The minimum absolute atomic E-state index is 0.0912. The maximum absolute atomic E-state index is 13.9. The van der Waals surface area contributed by atoms with Gasteiger partial charge in [-0.2, -0.15) is 0 Å². The Morgan fingerprint density at radius 2 is 1.97 bits per heavy atom. The molecule has 0 aromatic rings. The van der Waals surface area contributed by atoms with Crippen molar-refractivity contribution in [1.29, 1.82) is 0 Å². The number of amides is 2. The first kappa shape index (κ1) is 24.7. The fraction of sp³-hybridized carbons (Fsp3) is 0.792. The van der Waals surface area contributed by atoms with E-state index in [1.807, 2.05) is 20.8 Å². The van der Waals surface area contributed by atoms with Gasteiger partial charge in [0, 0.05) is 25.7 Å². The van der Waals surface area contributed by atoms with E-state index in [1.165, 1.54) is 0 Å². The summed E-state index contributed by atoms with van der Waals surface area (Å²) in [6.07, 6.45) is 6.28. The van der Waals surface area contributed by atoms with Crippen LogP contribution in [0.25, 0.3) is 0 Å². The molecule has 0 radical (unpaired) electrons. The molecular weight excluding hydrogens is 412 g/mol. The van der Waals surface area contributed by atoms with Crippen molar-refractivity contribution in [3.63, 3.8) is 0 Å². The number of unbranched alkanes of at least 4 members (excludes halogenated alkanes) is 3. The third-order valence-electron chi connectivity index (χ3n) is 7.72. The van der Waals surface area contributed by atoms with Crippen molar-refractivity contribution in [2.24, 2.45) is 11.8 Å². The van der Waals surface area contributed by atoms with Gasteiger partial charge in [-0.1, -0.05) is 25.8 Å². The first-order chi connectivity index (χ1) is 15.2. The molecule has 3 saturated heterocycles. The molecule has 3 heterocycles. The molecule has 0 aliphatic carbocycles. The minimum atomic E-state index is -1.09. The van der Waals surface area contributed by atoms with Gasteiger partial charge in [0.2, 0.25) is 11.8 Å². The molecule has 8 heteroatoms. The molecule has 3 aliphatic heterocycles. The van der Waals surface area contributed by atoms with Crippen LogP contribution in [0, 0.1) is 11.8 Å². The van der Waals surface area contributed by atoms with Gasteiger partial charge in [-0.25, -0.2) is 0 Å². The molecule has 3 rings (SSSR count). The van der Waals surface area contributed by atoms with E-state index < -0.39 is 35.0 Å². The zero-order valence-corrected chi connectivity index (χ0v) is 19.6. The molecule has 3 aliphatic rings. The Kier molecular flexibility index (Phi) is 7.34. The van der Waals surface area contributed by atoms with Crippen LogP contribution in [0.3, 0.4) is 0 Å². The summed E-state index contributed by atoms with van der Waals surface area (Å²) in [5.74, 6) is -3.25. The Morgan fingerprint density at radius 1 is 1.28 bits per heavy atom. The van der Waals surface area contributed by atoms with Gasteiger partial charge in [0.25, 0.3) is 0 Å². The Morgan fingerprint density at radius 3 is 2.53 bits per heavy atom. The number of carbonyl (C=O) groups is 3. The predicted octanol–water partition coefficient (Wildman–Crippen LogP) is 2.20. The number of aliphatic hydroxyl groups is 1. The monoisotopic (exact) mass is 450 g/mol. The molecule has 2 N–H and O–H groups in total. The van der Waals surface area contributed by atoms with Gasteiger partial charge in [0.05, 0.1) is 11.5 Å². The molecule has 5 atom stereocenters. The van der Waals surface area contributed by atoms with Crippen LogP contribution >= 0.6 is 0 Å². The van der Waals surface area contributed by atoms with E-state index in [-0.39, 0.29) is 24.5 Å². The van der Waals surface area contributed by atoms with Crippen LogP contribution in [0.2, 0.25) is 0 Å². The van der Waals surface area contributed by atoms with Crippen LogP contribution in [0.1, 0.15) is 65.7 Å². The number of aliphatic hydroxyl groups excluding tert-OH is 1. The second kappa shape index (κ2) is 9.51. The van der Waals surface area contributed by atoms with E-state index in [0.29, 0.717) is 45.2 Å². The number of carboxylic acids is 1. The number of carboxylic acid groups (broad SMARTS) is 1. The summed E-state index contributed by atoms with van der Waals surface area (Å²) in [4.78, 5) is 43.2. The fourth-order valence-electron chi connectivity index (χ4n) is 6.21. The number of hydrogen-bond donors (Lipinski definition) is 2. The number of likely N-dealkylation sites (tertiary alicyclic amines) is 1. The van der Waals surface area contributed by atoms with Crippen molar-refractivity contribution in [3.8, 4) is 0 Å². The van der Waals surface area contributed by atoms with E-state index in [0.717, 1.165) is 12.8 Å². The molecule has 2 unspecified atom stereocenters. The average molecular weight is 451 g/mol. The molecule has 8 nitrogen and oxygen atoms in total. The highest BCUT2D eigenvalue weighted by Crippen LogP contribution is 2.64. The molecule has 180 valence electrons. The molecule has 32 heavy (non-hydrogen) atoms. The quantitative estimate of drug-likeness (QED) is 0.349. The number of hydrogen-bond acceptors (Lipinski definition) is 5. The predicted molar refractivity (Wildman–Crippen MR) is 119 cm³/mol. The van der Waals surface area contributed by atoms with Gasteiger partial charge in [0.1, 0.15) is 17.6 Å². The summed E-state index contributed by atoms with van der Waals surface area (Å²) >= 11 is 0. The number of nitrogens with zero attached hydrogens (tertiary/aromatic N) is 2. The van der Waals surface area contributed by atoms with Crippen molar-refractivity contribution in [2.75, 3.05) is 19.7 Å². The second-order valence-electron chi connectivity index (χ2n) is 9.71. The van der Waals surface area contributed by atoms with Crippen molar-refractivity contribution < 1.29 is 29.3 Å². The highest BCUT2D eigenvalue weighted by molar-refractivity contribution is 5.98. The number of ether oxygens (including phenoxy) is 1. The molecule has 0 aromatic heterocycles. The number of rotatable bonds is 12. The lowest BCUT2D eigenvalue weighted by atomic mass is 9.65. The van der Waals surface area contributed by atoms with Gasteiger partial charge in [-0.15, -0.1) is 6.58 Å². The average Bonchev–Trinajstić information content (AvgIpc) is 3.35. The second-order valence-corrected chi connectivity index (χ2v) is 9.71. The molecule has 3 fully saturated rings. The first-order valence-electron chi connectivity index (χ1n) is 12.0. The lowest BCUT2D eigenvalue weighted by Gasteiger charge is -2.38. The lowest BCUT2D eigenvalue weighted by Crippen LogP contribution is -2.57. The van der Waals surface area contributed by atoms with Gasteiger partial charge < -0.3 is 24.7 Å². The number of aliphatic carboxylic acids is 1. The SMILES string of the molecule is C=CCN(C(=O)C1N(CCCCCCO)C(=O)[C@@H]2[C@H](C(=O)O)[C@]3(CC)CCC12O3)C(C)C. The maximum atomic E-state index is 13.9. The molecule has 2 bridgehead atoms. The van der Waals surface area contributed by atoms with Crippen LogP contribution < -0.4 is 0 Å². The Balaban J connectivity index is 1.99. The topological polar surface area (TPSA) is 107 Å². The van der Waals surface area contributed by atoms with Gasteiger partial charge in [-0.05, 0) is 46.0 Å². The van der Waals surface area contributed by atoms with E-state index in [9.17, 15) is 19.5 Å². The maximum Gasteiger partial charge on any atom is 0.310 e. The number of fused-ring (bicyclic) bond motifs is 1. The lowest BCUT2D eigenvalue weighted by molar-refractivity contribution is -0.158. The Labute approximate surface area is 190 Å². The normalized spacial score (nSPS) is 33.1. The standard InChI is InChI=1S/C24H38N2O6/c1-5-13-25(16(3)4)21(29)19-24-12-11-23(6-2,32-24)18(22(30)31)17(24)20(28)26(19)14-9-7-8-10-15-27/h5,16-19,27H,1,6-15H2,2-4H3,(H,30,31)/t17-,18+,19?,23-,24?/m0/s1. The van der Waals surface area contributed by atoms with Crippen molar-refractivity contribution in [1.82, 2.24) is 9.80 Å². The third kappa shape index (κ3) is 3.75. The number of carbonyl (C=O) groups excluding carboxylic acids is 2. The highest BCUT2D eigenvalue weighted by Gasteiger charge is 2.79. The molecule has 0 aromatic carbocycles. The molecule has 2 amide bonds. The van der Waals surface area contributed by atoms with Crippen molar-refractivity contribution in [3.05, 3.63) is 12.7 Å². The zero-order valence-electron chi connectivity index (χ0n) is 19.6. The van der Waals surface area contributed by atoms with Crippen LogP contribution in [-0.2, 0) is 19.1 Å². The van der Waals surface area contributed by atoms with E-state index in [4.69, 9.17) is 9.84 Å². The van der Waals surface area contributed by atoms with Gasteiger partial charge in [0.15, 0.2) is 0 Å². The van der Waals surface area contributed by atoms with Crippen LogP contribution in [0.5, 0.6) is 0 Å².